The van der Waals surface area contributed by atoms with Crippen LogP contribution in [0.1, 0.15) is 12.5 Å². The van der Waals surface area contributed by atoms with Crippen molar-refractivity contribution in [2.24, 2.45) is 0 Å². The Hall–Kier alpha value is -1.28. The predicted molar refractivity (Wildman–Crippen MR) is 52.4 cm³/mol. The van der Waals surface area contributed by atoms with Gasteiger partial charge < -0.3 is 14.8 Å². The second kappa shape index (κ2) is 4.93. The van der Waals surface area contributed by atoms with E-state index in [0.717, 1.165) is 0 Å². The molecular weight excluding hydrogens is 243 g/mol. The van der Waals surface area contributed by atoms with Gasteiger partial charge in [-0.3, -0.25) is 0 Å². The average molecular weight is 252 g/mol. The first-order valence-electron chi connectivity index (χ1n) is 4.67. The average Bonchev–Trinajstić information content (AvgIpc) is 2.18. The highest BCUT2D eigenvalue weighted by molar-refractivity contribution is 6.59. The summed E-state index contributed by atoms with van der Waals surface area (Å²) in [6, 6.07) is 0.835. The van der Waals surface area contributed by atoms with Gasteiger partial charge in [-0.2, -0.15) is 13.2 Å². The molecule has 0 aliphatic heterocycles. The molecule has 17 heavy (non-hydrogen) atoms. The van der Waals surface area contributed by atoms with Gasteiger partial charge in [-0.15, -0.1) is 0 Å². The van der Waals surface area contributed by atoms with Gasteiger partial charge in [0.1, 0.15) is 17.1 Å². The van der Waals surface area contributed by atoms with Gasteiger partial charge in [0.05, 0.1) is 6.61 Å². The smallest absolute Gasteiger partial charge is 0.492 e. The first kappa shape index (κ1) is 13.8. The molecule has 0 saturated carbocycles. The lowest BCUT2D eigenvalue weighted by Crippen LogP contribution is -2.33. The molecular formula is C9H9BF4O3. The van der Waals surface area contributed by atoms with Crippen molar-refractivity contribution in [2.75, 3.05) is 6.61 Å². The van der Waals surface area contributed by atoms with E-state index in [-0.39, 0.29) is 12.7 Å². The van der Waals surface area contributed by atoms with Crippen LogP contribution >= 0.6 is 0 Å². The summed E-state index contributed by atoms with van der Waals surface area (Å²) in [6.45, 7) is 1.31. The molecule has 0 heterocycles. The number of alkyl halides is 3. The van der Waals surface area contributed by atoms with Crippen LogP contribution in [0, 0.1) is 5.82 Å². The summed E-state index contributed by atoms with van der Waals surface area (Å²) in [6.07, 6.45) is -4.84. The van der Waals surface area contributed by atoms with Gasteiger partial charge in [0, 0.05) is 5.46 Å². The van der Waals surface area contributed by atoms with E-state index in [2.05, 4.69) is 0 Å². The van der Waals surface area contributed by atoms with Crippen molar-refractivity contribution < 1.29 is 32.3 Å². The summed E-state index contributed by atoms with van der Waals surface area (Å²) in [4.78, 5) is 0. The van der Waals surface area contributed by atoms with E-state index < -0.39 is 35.9 Å². The van der Waals surface area contributed by atoms with Crippen molar-refractivity contribution in [1.29, 1.82) is 0 Å². The van der Waals surface area contributed by atoms with Gasteiger partial charge in [0.2, 0.25) is 0 Å². The van der Waals surface area contributed by atoms with Crippen LogP contribution in [0.15, 0.2) is 12.1 Å². The molecule has 0 unspecified atom stereocenters. The van der Waals surface area contributed by atoms with Crippen LogP contribution in [0.3, 0.4) is 0 Å². The lowest BCUT2D eigenvalue weighted by Gasteiger charge is -2.16. The van der Waals surface area contributed by atoms with Crippen LogP contribution in [-0.4, -0.2) is 23.8 Å². The second-order valence-corrected chi connectivity index (χ2v) is 3.18. The Morgan fingerprint density at radius 1 is 1.29 bits per heavy atom. The predicted octanol–water partition coefficient (Wildman–Crippen LogP) is 0.923. The number of benzene rings is 1. The molecule has 2 N–H and O–H groups in total. The van der Waals surface area contributed by atoms with E-state index in [0.29, 0.717) is 6.07 Å². The monoisotopic (exact) mass is 252 g/mol. The Labute approximate surface area is 94.8 Å². The number of hydrogen-bond acceptors (Lipinski definition) is 3. The maximum atomic E-state index is 13.0. The summed E-state index contributed by atoms with van der Waals surface area (Å²) < 4.78 is 55.4. The third kappa shape index (κ3) is 3.10. The van der Waals surface area contributed by atoms with Gasteiger partial charge >= 0.3 is 13.3 Å². The van der Waals surface area contributed by atoms with E-state index in [4.69, 9.17) is 14.8 Å². The molecule has 3 nitrogen and oxygen atoms in total. The van der Waals surface area contributed by atoms with Crippen molar-refractivity contribution in [3.8, 4) is 5.75 Å². The molecule has 1 rings (SSSR count). The molecule has 0 atom stereocenters. The van der Waals surface area contributed by atoms with Crippen LogP contribution < -0.4 is 10.2 Å². The highest BCUT2D eigenvalue weighted by Gasteiger charge is 2.37. The molecule has 0 radical (unpaired) electrons. The van der Waals surface area contributed by atoms with E-state index in [1.165, 1.54) is 6.92 Å². The highest BCUT2D eigenvalue weighted by Crippen LogP contribution is 2.35. The van der Waals surface area contributed by atoms with Crippen molar-refractivity contribution in [2.45, 2.75) is 13.1 Å². The zero-order valence-corrected chi connectivity index (χ0v) is 8.75. The molecule has 0 aliphatic carbocycles. The molecule has 0 bridgehead atoms. The standard InChI is InChI=1S/C9H9BF4O3/c1-2-17-8-6(9(12,13)14)3-5(11)4-7(8)10(15)16/h3-4,15-16H,2H2,1H3. The van der Waals surface area contributed by atoms with Crippen molar-refractivity contribution in [3.05, 3.63) is 23.5 Å². The summed E-state index contributed by atoms with van der Waals surface area (Å²) >= 11 is 0. The fourth-order valence-corrected chi connectivity index (χ4v) is 1.32. The summed E-state index contributed by atoms with van der Waals surface area (Å²) in [5, 5.41) is 17.8. The molecule has 0 fully saturated rings. The Morgan fingerprint density at radius 3 is 2.29 bits per heavy atom. The third-order valence-electron chi connectivity index (χ3n) is 1.95. The van der Waals surface area contributed by atoms with E-state index in [1.807, 2.05) is 0 Å². The van der Waals surface area contributed by atoms with Gasteiger partial charge in [0.25, 0.3) is 0 Å². The molecule has 0 amide bonds. The minimum absolute atomic E-state index is 0.117. The Kier molecular flexibility index (Phi) is 4.00. The quantitative estimate of drug-likeness (QED) is 0.621. The second-order valence-electron chi connectivity index (χ2n) is 3.18. The zero-order valence-electron chi connectivity index (χ0n) is 8.75. The SMILES string of the molecule is CCOc1c(B(O)O)cc(F)cc1C(F)(F)F. The largest absolute Gasteiger partial charge is 0.494 e. The van der Waals surface area contributed by atoms with Gasteiger partial charge in [0.15, 0.2) is 0 Å². The maximum Gasteiger partial charge on any atom is 0.492 e. The van der Waals surface area contributed by atoms with E-state index >= 15 is 0 Å². The molecule has 0 aromatic heterocycles. The van der Waals surface area contributed by atoms with Gasteiger partial charge in [-0.25, -0.2) is 4.39 Å². The van der Waals surface area contributed by atoms with Gasteiger partial charge in [-0.05, 0) is 19.1 Å². The molecule has 0 aliphatic rings. The molecule has 0 saturated heterocycles. The number of hydrogen-bond donors (Lipinski definition) is 2. The zero-order chi connectivity index (χ0) is 13.2. The lowest BCUT2D eigenvalue weighted by atomic mass is 9.78. The molecule has 1 aromatic carbocycles. The van der Waals surface area contributed by atoms with Crippen LogP contribution in [0.5, 0.6) is 5.75 Å². The minimum Gasteiger partial charge on any atom is -0.494 e. The van der Waals surface area contributed by atoms with Crippen molar-refractivity contribution in [1.82, 2.24) is 0 Å². The number of halogens is 4. The van der Waals surface area contributed by atoms with Crippen molar-refractivity contribution in [3.63, 3.8) is 0 Å². The number of rotatable bonds is 3. The molecule has 1 aromatic rings. The van der Waals surface area contributed by atoms with Crippen LogP contribution in [0.4, 0.5) is 17.6 Å². The first-order chi connectivity index (χ1) is 7.77. The Balaban J connectivity index is 3.46. The fourth-order valence-electron chi connectivity index (χ4n) is 1.32. The molecule has 8 heteroatoms. The molecule has 94 valence electrons. The Bertz CT molecular complexity index is 406. The van der Waals surface area contributed by atoms with Crippen LogP contribution in [-0.2, 0) is 6.18 Å². The van der Waals surface area contributed by atoms with Crippen LogP contribution in [0.25, 0.3) is 0 Å². The van der Waals surface area contributed by atoms with E-state index in [1.54, 1.807) is 0 Å². The Morgan fingerprint density at radius 2 is 1.88 bits per heavy atom. The van der Waals surface area contributed by atoms with Crippen molar-refractivity contribution >= 4 is 12.6 Å². The normalized spacial score (nSPS) is 11.5. The number of ether oxygens (including phenoxy) is 1. The molecule has 0 spiro atoms. The fraction of sp³-hybridized carbons (Fsp3) is 0.333. The summed E-state index contributed by atoms with van der Waals surface area (Å²) in [5.41, 5.74) is -2.03. The highest BCUT2D eigenvalue weighted by atomic mass is 19.4. The topological polar surface area (TPSA) is 49.7 Å². The minimum atomic E-state index is -4.84. The first-order valence-corrected chi connectivity index (χ1v) is 4.67. The van der Waals surface area contributed by atoms with Crippen LogP contribution in [0.2, 0.25) is 0 Å². The summed E-state index contributed by atoms with van der Waals surface area (Å²) in [5.74, 6) is -1.99. The van der Waals surface area contributed by atoms with Gasteiger partial charge in [-0.1, -0.05) is 0 Å². The van der Waals surface area contributed by atoms with E-state index in [9.17, 15) is 17.6 Å². The summed E-state index contributed by atoms with van der Waals surface area (Å²) in [7, 11) is -2.24. The maximum absolute atomic E-state index is 13.0. The lowest BCUT2D eigenvalue weighted by molar-refractivity contribution is -0.139. The third-order valence-corrected chi connectivity index (χ3v) is 1.95.